The zero-order chi connectivity index (χ0) is 28.2. The first-order chi connectivity index (χ1) is 16.9. The molecule has 2 rings (SSSR count). The molecule has 2 aliphatic rings. The highest BCUT2D eigenvalue weighted by Gasteiger charge is 2.41. The van der Waals surface area contributed by atoms with E-state index in [9.17, 15) is 24.0 Å². The lowest BCUT2D eigenvalue weighted by molar-refractivity contribution is -0.197. The highest BCUT2D eigenvalue weighted by Crippen LogP contribution is 2.27. The molecule has 174 valence electrons. The molecule has 0 spiro atoms. The first-order valence-corrected chi connectivity index (χ1v) is 10.1. The summed E-state index contributed by atoms with van der Waals surface area (Å²) in [6, 6.07) is -0.927. The number of imide groups is 1. The van der Waals surface area contributed by atoms with Gasteiger partial charge in [-0.15, -0.1) is 5.06 Å². The molecule has 31 heavy (non-hydrogen) atoms. The molecule has 2 heterocycles. The Morgan fingerprint density at radius 2 is 1.74 bits per heavy atom. The number of rotatable bonds is 9. The van der Waals surface area contributed by atoms with E-state index in [2.05, 4.69) is 10.6 Å². The summed E-state index contributed by atoms with van der Waals surface area (Å²) in [6.07, 6.45) is -0.486. The minimum absolute atomic E-state index is 0.0153. The summed E-state index contributed by atoms with van der Waals surface area (Å²) in [6.45, 7) is -2.31. The summed E-state index contributed by atoms with van der Waals surface area (Å²) in [4.78, 5) is 66.7. The average molecular weight is 448 g/mol. The molecule has 2 fully saturated rings. The Balaban J connectivity index is 1.83. The van der Waals surface area contributed by atoms with Crippen molar-refractivity contribution in [3.63, 3.8) is 0 Å². The maximum Gasteiger partial charge on any atom is 0.334 e. The van der Waals surface area contributed by atoms with Gasteiger partial charge in [0.2, 0.25) is 11.8 Å². The van der Waals surface area contributed by atoms with E-state index in [0.717, 1.165) is 4.90 Å². The van der Waals surface area contributed by atoms with Crippen LogP contribution in [0.4, 0.5) is 0 Å². The summed E-state index contributed by atoms with van der Waals surface area (Å²) in [7, 11) is 0. The van der Waals surface area contributed by atoms with E-state index in [-0.39, 0.29) is 58.4 Å². The second-order valence-electron chi connectivity index (χ2n) is 8.03. The number of likely N-dealkylation sites (N-methyl/N-ethyl adjacent to an activating group) is 2. The molecule has 0 bridgehead atoms. The van der Waals surface area contributed by atoms with Gasteiger partial charge in [0, 0.05) is 66.3 Å². The van der Waals surface area contributed by atoms with Gasteiger partial charge in [0.1, 0.15) is 0 Å². The predicted octanol–water partition coefficient (Wildman–Crippen LogP) is -1.12. The van der Waals surface area contributed by atoms with E-state index in [1.165, 1.54) is 18.7 Å². The van der Waals surface area contributed by atoms with Crippen LogP contribution in [0.15, 0.2) is 0 Å². The molecule has 0 aromatic heterocycles. The van der Waals surface area contributed by atoms with E-state index in [1.807, 2.05) is 0 Å². The number of nitrogens with one attached hydrogen (secondary N) is 2. The standard InChI is InChI=1S/C20H33N5O6/c1-20(2,14-13-23(3)11-12-24(14)4)19(30)22-9-7-15(26)21-10-8-18(29)31-25-16(27)5-6-17(25)28/h14H,5-13H2,1-4H3,(H,21,26)(H,22,30)/i3D3,4D3,18+1,21+1. The van der Waals surface area contributed by atoms with Crippen molar-refractivity contribution in [2.45, 2.75) is 45.6 Å². The SMILES string of the molecule is [2H]C([2H])([2H])N1CCN(C([2H])([2H])[2H])C(C(C)(C)C(=O)NCCC(=O)[15NH]CC[13C](=O)ON2C(=O)CCC2=O)C1. The van der Waals surface area contributed by atoms with Crippen LogP contribution < -0.4 is 10.6 Å². The average Bonchev–Trinajstić information content (AvgIpc) is 3.09. The summed E-state index contributed by atoms with van der Waals surface area (Å²) in [5, 5.41) is 5.46. The number of hydroxylamine groups is 2. The van der Waals surface area contributed by atoms with Crippen LogP contribution in [0.5, 0.6) is 0 Å². The Morgan fingerprint density at radius 1 is 1.06 bits per heavy atom. The fraction of sp³-hybridized carbons (Fsp3) is 0.750. The van der Waals surface area contributed by atoms with Gasteiger partial charge in [-0.3, -0.25) is 24.1 Å². The van der Waals surface area contributed by atoms with Crippen molar-refractivity contribution in [1.82, 2.24) is 25.5 Å². The van der Waals surface area contributed by atoms with Crippen molar-refractivity contribution in [1.29, 1.82) is 0 Å². The van der Waals surface area contributed by atoms with Crippen molar-refractivity contribution in [3.8, 4) is 0 Å². The molecule has 0 radical (unpaired) electrons. The van der Waals surface area contributed by atoms with Crippen LogP contribution >= 0.6 is 0 Å². The van der Waals surface area contributed by atoms with Crippen molar-refractivity contribution in [2.24, 2.45) is 5.41 Å². The molecule has 2 N–H and O–H groups in total. The molecule has 1 unspecified atom stereocenters. The van der Waals surface area contributed by atoms with E-state index >= 15 is 0 Å². The highest BCUT2D eigenvalue weighted by atomic mass is 16.8. The molecule has 0 saturated carbocycles. The minimum atomic E-state index is -2.53. The van der Waals surface area contributed by atoms with Gasteiger partial charge in [0.25, 0.3) is 11.8 Å². The van der Waals surface area contributed by atoms with Crippen LogP contribution in [0, 0.1) is 5.41 Å². The van der Waals surface area contributed by atoms with Gasteiger partial charge in [-0.25, -0.2) is 4.79 Å². The molecule has 2 aliphatic heterocycles. The predicted molar refractivity (Wildman–Crippen MR) is 110 cm³/mol. The van der Waals surface area contributed by atoms with Gasteiger partial charge in [-0.1, -0.05) is 0 Å². The molecular formula is C20H33N5O6. The molecule has 11 heteroatoms. The van der Waals surface area contributed by atoms with Crippen LogP contribution in [0.25, 0.3) is 0 Å². The molecule has 1 atom stereocenters. The molecule has 0 aromatic rings. The molecule has 0 aliphatic carbocycles. The van der Waals surface area contributed by atoms with Gasteiger partial charge >= 0.3 is 5.97 Å². The topological polar surface area (TPSA) is 128 Å². The maximum absolute atomic E-state index is 13.0. The minimum Gasteiger partial charge on any atom is -0.355 e. The van der Waals surface area contributed by atoms with E-state index < -0.39 is 55.0 Å². The monoisotopic (exact) mass is 447 g/mol. The van der Waals surface area contributed by atoms with Crippen molar-refractivity contribution >= 4 is 29.6 Å². The number of piperazine rings is 1. The summed E-state index contributed by atoms with van der Waals surface area (Å²) >= 11 is 0. The van der Waals surface area contributed by atoms with Crippen LogP contribution in [-0.2, 0) is 28.8 Å². The normalized spacial score (nSPS) is 24.3. The first kappa shape index (κ1) is 17.1. The lowest BCUT2D eigenvalue weighted by Crippen LogP contribution is -2.60. The van der Waals surface area contributed by atoms with Crippen LogP contribution in [0.1, 0.15) is 47.8 Å². The Hall–Kier alpha value is -2.53. The largest absolute Gasteiger partial charge is 0.355 e. The smallest absolute Gasteiger partial charge is 0.334 e. The summed E-state index contributed by atoms with van der Waals surface area (Å²) in [5.74, 6) is -3.12. The maximum atomic E-state index is 13.0. The summed E-state index contributed by atoms with van der Waals surface area (Å²) in [5.41, 5.74) is -1.30. The summed E-state index contributed by atoms with van der Waals surface area (Å²) < 4.78 is 46.4. The lowest BCUT2D eigenvalue weighted by Gasteiger charge is -2.45. The van der Waals surface area contributed by atoms with Crippen molar-refractivity contribution in [2.75, 3.05) is 46.7 Å². The fourth-order valence-corrected chi connectivity index (χ4v) is 3.27. The van der Waals surface area contributed by atoms with E-state index in [4.69, 9.17) is 13.1 Å². The van der Waals surface area contributed by atoms with E-state index in [0.29, 0.717) is 5.06 Å². The van der Waals surface area contributed by atoms with Gasteiger partial charge in [-0.05, 0) is 27.8 Å². The number of hydrogen-bond acceptors (Lipinski definition) is 8. The number of carbonyl (C=O) groups excluding carboxylic acids is 5. The number of nitrogens with zero attached hydrogens (tertiary/aromatic N) is 3. The zero-order valence-corrected chi connectivity index (χ0v) is 17.7. The second kappa shape index (κ2) is 10.7. The quantitative estimate of drug-likeness (QED) is 0.258. The number of carbonyl (C=O) groups is 5. The van der Waals surface area contributed by atoms with Gasteiger partial charge < -0.3 is 20.4 Å². The number of amides is 4. The fourth-order valence-electron chi connectivity index (χ4n) is 3.27. The molecule has 11 nitrogen and oxygen atoms in total. The lowest BCUT2D eigenvalue weighted by atomic mass is 9.81. The van der Waals surface area contributed by atoms with E-state index in [1.54, 1.807) is 0 Å². The molecule has 4 amide bonds. The highest BCUT2D eigenvalue weighted by molar-refractivity contribution is 6.01. The van der Waals surface area contributed by atoms with Crippen molar-refractivity contribution in [3.05, 3.63) is 0 Å². The molecule has 2 saturated heterocycles. The van der Waals surface area contributed by atoms with Crippen LogP contribution in [-0.4, -0.2) is 97.2 Å². The third kappa shape index (κ3) is 6.73. The molecule has 0 aromatic carbocycles. The van der Waals surface area contributed by atoms with Gasteiger partial charge in [0.05, 0.1) is 11.8 Å². The van der Waals surface area contributed by atoms with Crippen LogP contribution in [0.3, 0.4) is 0 Å². The zero-order valence-electron chi connectivity index (χ0n) is 23.7. The Bertz CT molecular complexity index is 893. The number of hydrogen-bond donors (Lipinski definition) is 2. The Labute approximate surface area is 190 Å². The van der Waals surface area contributed by atoms with Crippen molar-refractivity contribution < 1.29 is 37.0 Å². The van der Waals surface area contributed by atoms with Gasteiger partial charge in [0.15, 0.2) is 0 Å². The first-order valence-electron chi connectivity index (χ1n) is 13.1. The van der Waals surface area contributed by atoms with Crippen LogP contribution in [0.2, 0.25) is 0 Å². The Kier molecular flexibility index (Phi) is 5.88. The van der Waals surface area contributed by atoms with Gasteiger partial charge in [-0.2, -0.15) is 0 Å². The molecular weight excluding hydrogens is 408 g/mol. The third-order valence-electron chi connectivity index (χ3n) is 5.29. The third-order valence-corrected chi connectivity index (χ3v) is 5.29. The second-order valence-corrected chi connectivity index (χ2v) is 8.03. The Morgan fingerprint density at radius 3 is 2.39 bits per heavy atom.